The number of aromatic nitrogens is 1. The number of aliphatic hydroxyl groups is 1. The van der Waals surface area contributed by atoms with Crippen molar-refractivity contribution in [3.8, 4) is 11.1 Å². The molecule has 0 radical (unpaired) electrons. The van der Waals surface area contributed by atoms with Crippen molar-refractivity contribution >= 4 is 51.5 Å². The molecule has 0 aliphatic carbocycles. The van der Waals surface area contributed by atoms with Gasteiger partial charge in [-0.05, 0) is 41.7 Å². The summed E-state index contributed by atoms with van der Waals surface area (Å²) in [5, 5.41) is 34.1. The second-order valence-electron chi connectivity index (χ2n) is 14.0. The Hall–Kier alpha value is -5.41. The Labute approximate surface area is 344 Å². The second kappa shape index (κ2) is 22.7. The van der Waals surface area contributed by atoms with Gasteiger partial charge < -0.3 is 46.5 Å². The largest absolute Gasteiger partial charge is 0.490 e. The number of amides is 4. The van der Waals surface area contributed by atoms with Crippen molar-refractivity contribution in [2.45, 2.75) is 64.5 Å². The molecule has 0 spiro atoms. The number of aliphatic hydroxyl groups excluding tert-OH is 1. The summed E-state index contributed by atoms with van der Waals surface area (Å²) in [4.78, 5) is 72.1. The van der Waals surface area contributed by atoms with Crippen LogP contribution in [0.5, 0.6) is 0 Å². The van der Waals surface area contributed by atoms with Crippen LogP contribution in [0.15, 0.2) is 60.8 Å². The zero-order valence-corrected chi connectivity index (χ0v) is 33.8. The quantitative estimate of drug-likeness (QED) is 0.0727. The van der Waals surface area contributed by atoms with Crippen LogP contribution in [-0.4, -0.2) is 110 Å². The smallest absolute Gasteiger partial charge is 0.480 e. The lowest BCUT2D eigenvalue weighted by Crippen LogP contribution is -2.54. The lowest BCUT2D eigenvalue weighted by molar-refractivity contribution is -0.192. The number of carboxylic acid groups (broad SMARTS) is 2. The molecule has 15 nitrogen and oxygen atoms in total. The molecule has 0 saturated heterocycles. The van der Waals surface area contributed by atoms with Crippen molar-refractivity contribution < 1.29 is 66.0 Å². The molecule has 3 atom stereocenters. The number of carbonyl (C=O) groups is 6. The lowest BCUT2D eigenvalue weighted by atomic mass is 9.82. The van der Waals surface area contributed by atoms with Gasteiger partial charge >= 0.3 is 18.1 Å². The molecule has 4 amide bonds. The van der Waals surface area contributed by atoms with Crippen molar-refractivity contribution in [3.05, 3.63) is 83.7 Å². The zero-order valence-electron chi connectivity index (χ0n) is 32.2. The van der Waals surface area contributed by atoms with Crippen LogP contribution < -0.4 is 21.7 Å². The first-order chi connectivity index (χ1) is 27.5. The molecule has 1 aromatic heterocycles. The maximum Gasteiger partial charge on any atom is 0.490 e. The Morgan fingerprint density at radius 3 is 2.10 bits per heavy atom. The van der Waals surface area contributed by atoms with Gasteiger partial charge in [0.1, 0.15) is 24.3 Å². The van der Waals surface area contributed by atoms with Crippen LogP contribution in [0.1, 0.15) is 50.9 Å². The molecule has 0 bridgehead atoms. The van der Waals surface area contributed by atoms with E-state index in [1.165, 1.54) is 4.90 Å². The normalized spacial score (nSPS) is 12.9. The Bertz CT molecular complexity index is 1930. The van der Waals surface area contributed by atoms with Crippen LogP contribution in [-0.2, 0) is 35.3 Å². The van der Waals surface area contributed by atoms with Crippen LogP contribution in [0.4, 0.5) is 22.0 Å². The van der Waals surface area contributed by atoms with Gasteiger partial charge in [-0.2, -0.15) is 13.2 Å². The lowest BCUT2D eigenvalue weighted by Gasteiger charge is -2.41. The molecule has 8 N–H and O–H groups in total. The van der Waals surface area contributed by atoms with E-state index in [1.54, 1.807) is 12.3 Å². The van der Waals surface area contributed by atoms with Crippen LogP contribution in [0, 0.1) is 17.0 Å². The van der Waals surface area contributed by atoms with Gasteiger partial charge in [0.2, 0.25) is 23.6 Å². The highest BCUT2D eigenvalue weighted by atomic mass is 79.9. The van der Waals surface area contributed by atoms with E-state index >= 15 is 4.39 Å². The molecular formula is C38H46BrF5N6O9. The number of aliphatic carboxylic acids is 2. The molecule has 3 rings (SSSR count). The second-order valence-corrected chi connectivity index (χ2v) is 14.6. The topological polar surface area (TPSA) is 233 Å². The van der Waals surface area contributed by atoms with Gasteiger partial charge in [-0.1, -0.05) is 67.0 Å². The van der Waals surface area contributed by atoms with Crippen molar-refractivity contribution in [3.63, 3.8) is 0 Å². The van der Waals surface area contributed by atoms with E-state index in [2.05, 4.69) is 31.9 Å². The molecule has 3 aromatic rings. The highest BCUT2D eigenvalue weighted by Crippen LogP contribution is 2.41. The Kier molecular flexibility index (Phi) is 19.1. The maximum atomic E-state index is 15.0. The number of carboxylic acids is 2. The third-order valence-corrected chi connectivity index (χ3v) is 8.92. The first-order valence-corrected chi connectivity index (χ1v) is 18.9. The molecule has 21 heteroatoms. The molecule has 2 aromatic carbocycles. The molecule has 3 unspecified atom stereocenters. The summed E-state index contributed by atoms with van der Waals surface area (Å²) in [6.45, 7) is 4.46. The summed E-state index contributed by atoms with van der Waals surface area (Å²) in [6.07, 6.45) is -3.68. The zero-order chi connectivity index (χ0) is 44.7. The van der Waals surface area contributed by atoms with Gasteiger partial charge in [0.05, 0.1) is 17.4 Å². The number of nitrogens with zero attached hydrogens (tertiary/aromatic N) is 2. The molecule has 0 aliphatic heterocycles. The molecular weight excluding hydrogens is 859 g/mol. The fourth-order valence-corrected chi connectivity index (χ4v) is 5.85. The SMILES string of the molecule is CC(C)(C)C(c1cc(-c2cc(F)ccc2F)cn1Cc1ccccc1)N(CCC(N)C(=O)NC(CNC(=O)CCNC(=O)CBr)C(=O)O)C(=O)CO.O=C(O)C(F)(F)F. The minimum atomic E-state index is -5.08. The van der Waals surface area contributed by atoms with Gasteiger partial charge in [-0.15, -0.1) is 0 Å². The molecule has 59 heavy (non-hydrogen) atoms. The van der Waals surface area contributed by atoms with E-state index in [4.69, 9.17) is 15.6 Å². The van der Waals surface area contributed by atoms with Crippen molar-refractivity contribution in [2.75, 3.05) is 31.6 Å². The molecule has 0 fully saturated rings. The first-order valence-electron chi connectivity index (χ1n) is 17.8. The van der Waals surface area contributed by atoms with Crippen molar-refractivity contribution in [1.82, 2.24) is 25.4 Å². The van der Waals surface area contributed by atoms with E-state index < -0.39 is 84.2 Å². The number of hydrogen-bond acceptors (Lipinski definition) is 8. The van der Waals surface area contributed by atoms with Crippen molar-refractivity contribution in [2.24, 2.45) is 11.1 Å². The molecule has 0 aliphatic rings. The Morgan fingerprint density at radius 1 is 0.932 bits per heavy atom. The van der Waals surface area contributed by atoms with E-state index in [1.807, 2.05) is 55.7 Å². The van der Waals surface area contributed by atoms with Gasteiger partial charge in [-0.3, -0.25) is 19.2 Å². The summed E-state index contributed by atoms with van der Waals surface area (Å²) in [6, 6.07) is 10.6. The van der Waals surface area contributed by atoms with Crippen LogP contribution >= 0.6 is 15.9 Å². The Morgan fingerprint density at radius 2 is 1.56 bits per heavy atom. The van der Waals surface area contributed by atoms with Crippen molar-refractivity contribution in [1.29, 1.82) is 0 Å². The number of benzene rings is 2. The highest BCUT2D eigenvalue weighted by molar-refractivity contribution is 9.09. The molecule has 324 valence electrons. The van der Waals surface area contributed by atoms with Gasteiger partial charge in [-0.25, -0.2) is 18.4 Å². The molecule has 0 saturated carbocycles. The molecule has 1 heterocycles. The Balaban J connectivity index is 0.00000157. The number of alkyl halides is 4. The third kappa shape index (κ3) is 16.0. The number of nitrogens with two attached hydrogens (primary N) is 1. The monoisotopic (exact) mass is 904 g/mol. The summed E-state index contributed by atoms with van der Waals surface area (Å²) in [5.74, 6) is -7.87. The summed E-state index contributed by atoms with van der Waals surface area (Å²) < 4.78 is 62.8. The van der Waals surface area contributed by atoms with Gasteiger partial charge in [0, 0.05) is 55.6 Å². The summed E-state index contributed by atoms with van der Waals surface area (Å²) in [5.41, 5.74) is 7.29. The minimum Gasteiger partial charge on any atom is -0.480 e. The van der Waals surface area contributed by atoms with E-state index in [0.29, 0.717) is 17.8 Å². The standard InChI is InChI=1S/C36H45BrF2N6O7.C2HF3O2/c1-36(2,3)33(29-15-23(25-16-24(38)9-10-26(25)39)20-44(29)19-22-7-5-4-6-8-22)45(32(49)21-46)14-12-27(40)34(50)43-28(35(51)52)18-42-30(47)11-13-41-31(48)17-37;3-2(4,5)1(6)7/h4-10,15-16,20,27-28,33,46H,11-14,17-19,21,40H2,1-3H3,(H,41,48)(H,42,47)(H,43,50)(H,51,52);(H,6,7). The number of carbonyl (C=O) groups excluding carboxylic acids is 4. The minimum absolute atomic E-state index is 0.0186. The van der Waals surface area contributed by atoms with Crippen LogP contribution in [0.2, 0.25) is 0 Å². The first kappa shape index (κ1) is 49.7. The predicted molar refractivity (Wildman–Crippen MR) is 207 cm³/mol. The van der Waals surface area contributed by atoms with Gasteiger partial charge in [0.25, 0.3) is 0 Å². The summed E-state index contributed by atoms with van der Waals surface area (Å²) >= 11 is 2.98. The number of nitrogens with one attached hydrogen (secondary N) is 3. The highest BCUT2D eigenvalue weighted by Gasteiger charge is 2.39. The van der Waals surface area contributed by atoms with E-state index in [9.17, 15) is 51.7 Å². The fraction of sp³-hybridized carbons (Fsp3) is 0.421. The fourth-order valence-electron chi connectivity index (χ4n) is 5.66. The van der Waals surface area contributed by atoms with Gasteiger partial charge in [0.15, 0.2) is 0 Å². The maximum absolute atomic E-state index is 15.0. The summed E-state index contributed by atoms with van der Waals surface area (Å²) in [7, 11) is 0. The number of hydrogen-bond donors (Lipinski definition) is 7. The number of rotatable bonds is 18. The van der Waals surface area contributed by atoms with E-state index in [-0.39, 0.29) is 42.7 Å². The van der Waals surface area contributed by atoms with E-state index in [0.717, 1.165) is 23.8 Å². The third-order valence-electron chi connectivity index (χ3n) is 8.41. The average molecular weight is 906 g/mol. The van der Waals surface area contributed by atoms with Crippen LogP contribution in [0.3, 0.4) is 0 Å². The van der Waals surface area contributed by atoms with Crippen LogP contribution in [0.25, 0.3) is 11.1 Å². The average Bonchev–Trinajstić information content (AvgIpc) is 3.56. The number of halogens is 6. The predicted octanol–water partition coefficient (Wildman–Crippen LogP) is 3.33.